The van der Waals surface area contributed by atoms with E-state index in [4.69, 9.17) is 51.1 Å². The Morgan fingerprint density at radius 1 is 1.14 bits per heavy atom. The summed E-state index contributed by atoms with van der Waals surface area (Å²) in [6.07, 6.45) is 0.133. The highest BCUT2D eigenvalue weighted by Crippen LogP contribution is 2.33. The highest BCUT2D eigenvalue weighted by Gasteiger charge is 2.25. The Labute approximate surface area is 103 Å². The molecular weight excluding hydrogens is 266 g/mol. The lowest BCUT2D eigenvalue weighted by Crippen LogP contribution is -2.17. The molecule has 0 aliphatic rings. The lowest BCUT2D eigenvalue weighted by molar-refractivity contribution is 0.272. The topological polar surface area (TPSA) is 9.23 Å². The molecule has 14 heavy (non-hydrogen) atoms. The predicted octanol–water partition coefficient (Wildman–Crippen LogP) is 4.39. The molecule has 1 aromatic rings. The van der Waals surface area contributed by atoms with Crippen molar-refractivity contribution >= 4 is 46.4 Å². The minimum absolute atomic E-state index is 0.133. The Balaban J connectivity index is 2.46. The fourth-order valence-electron chi connectivity index (χ4n) is 0.870. The quantitative estimate of drug-likeness (QED) is 0.742. The zero-order chi connectivity index (χ0) is 10.6. The summed E-state index contributed by atoms with van der Waals surface area (Å²) in [4.78, 5) is 0. The third kappa shape index (κ3) is 5.16. The molecule has 0 heterocycles. The maximum Gasteiger partial charge on any atom is 0.195 e. The molecule has 78 valence electrons. The summed E-state index contributed by atoms with van der Waals surface area (Å²) >= 11 is 22.5. The first-order valence-electron chi connectivity index (χ1n) is 3.90. The fraction of sp³-hybridized carbons (Fsp3) is 0.333. The number of hydrogen-bond donors (Lipinski definition) is 0. The SMILES string of the molecule is ClC(CC(Cl)(Cl)Cl)Oc1ccccc1. The van der Waals surface area contributed by atoms with Crippen LogP contribution in [0.5, 0.6) is 5.75 Å². The molecule has 0 bridgehead atoms. The summed E-state index contributed by atoms with van der Waals surface area (Å²) in [6, 6.07) is 9.13. The molecule has 0 radical (unpaired) electrons. The van der Waals surface area contributed by atoms with Crippen LogP contribution in [0.25, 0.3) is 0 Å². The van der Waals surface area contributed by atoms with E-state index in [0.29, 0.717) is 5.75 Å². The number of para-hydroxylation sites is 1. The minimum atomic E-state index is -1.39. The summed E-state index contributed by atoms with van der Waals surface area (Å²) in [5, 5.41) is 0. The van der Waals surface area contributed by atoms with E-state index in [9.17, 15) is 0 Å². The number of ether oxygens (including phenoxy) is 1. The Kier molecular flexibility index (Phi) is 4.65. The maximum absolute atomic E-state index is 5.82. The number of hydrogen-bond acceptors (Lipinski definition) is 1. The van der Waals surface area contributed by atoms with Crippen molar-refractivity contribution in [1.29, 1.82) is 0 Å². The Morgan fingerprint density at radius 2 is 1.71 bits per heavy atom. The van der Waals surface area contributed by atoms with Crippen molar-refractivity contribution in [2.75, 3.05) is 0 Å². The van der Waals surface area contributed by atoms with Crippen LogP contribution in [0.4, 0.5) is 0 Å². The Morgan fingerprint density at radius 3 is 2.21 bits per heavy atom. The summed E-state index contributed by atoms with van der Waals surface area (Å²) < 4.78 is 3.91. The maximum atomic E-state index is 5.82. The Hall–Kier alpha value is 0.180. The predicted molar refractivity (Wildman–Crippen MR) is 61.6 cm³/mol. The highest BCUT2D eigenvalue weighted by atomic mass is 35.6. The Bertz CT molecular complexity index is 270. The third-order valence-electron chi connectivity index (χ3n) is 1.40. The van der Waals surface area contributed by atoms with E-state index in [1.165, 1.54) is 0 Å². The van der Waals surface area contributed by atoms with Gasteiger partial charge in [-0.2, -0.15) is 0 Å². The average Bonchev–Trinajstić information content (AvgIpc) is 2.02. The summed E-state index contributed by atoms with van der Waals surface area (Å²) in [5.41, 5.74) is -0.648. The van der Waals surface area contributed by atoms with Crippen molar-refractivity contribution in [2.45, 2.75) is 15.8 Å². The van der Waals surface area contributed by atoms with Gasteiger partial charge in [0.05, 0.1) is 0 Å². The highest BCUT2D eigenvalue weighted by molar-refractivity contribution is 6.67. The first kappa shape index (κ1) is 12.3. The molecule has 1 rings (SSSR count). The van der Waals surface area contributed by atoms with Crippen molar-refractivity contribution < 1.29 is 4.74 Å². The smallest absolute Gasteiger partial charge is 0.195 e. The molecule has 0 spiro atoms. The van der Waals surface area contributed by atoms with E-state index in [0.717, 1.165) is 0 Å². The van der Waals surface area contributed by atoms with Crippen LogP contribution in [0.15, 0.2) is 30.3 Å². The zero-order valence-electron chi connectivity index (χ0n) is 7.09. The van der Waals surface area contributed by atoms with Crippen molar-refractivity contribution in [3.63, 3.8) is 0 Å². The van der Waals surface area contributed by atoms with Crippen LogP contribution in [0.2, 0.25) is 0 Å². The van der Waals surface area contributed by atoms with Crippen LogP contribution in [0, 0.1) is 0 Å². The van der Waals surface area contributed by atoms with Gasteiger partial charge in [-0.05, 0) is 12.1 Å². The molecule has 1 aromatic carbocycles. The molecule has 1 unspecified atom stereocenters. The van der Waals surface area contributed by atoms with Gasteiger partial charge < -0.3 is 4.74 Å². The van der Waals surface area contributed by atoms with E-state index in [-0.39, 0.29) is 6.42 Å². The van der Waals surface area contributed by atoms with Gasteiger partial charge in [0.15, 0.2) is 9.36 Å². The van der Waals surface area contributed by atoms with E-state index >= 15 is 0 Å². The van der Waals surface area contributed by atoms with E-state index in [2.05, 4.69) is 0 Å². The normalized spacial score (nSPS) is 13.7. The second kappa shape index (κ2) is 5.32. The van der Waals surface area contributed by atoms with E-state index in [1.54, 1.807) is 12.1 Å². The number of alkyl halides is 4. The zero-order valence-corrected chi connectivity index (χ0v) is 10.1. The summed E-state index contributed by atoms with van der Waals surface area (Å²) in [6.45, 7) is 0. The van der Waals surface area contributed by atoms with Crippen LogP contribution in [-0.4, -0.2) is 9.36 Å². The van der Waals surface area contributed by atoms with Gasteiger partial charge in [0.2, 0.25) is 0 Å². The van der Waals surface area contributed by atoms with Crippen molar-refractivity contribution in [3.8, 4) is 5.75 Å². The van der Waals surface area contributed by atoms with Gasteiger partial charge in [-0.1, -0.05) is 64.6 Å². The molecule has 0 aliphatic heterocycles. The standard InChI is InChI=1S/C9H8Cl4O/c10-8(6-9(11,12)13)14-7-4-2-1-3-5-7/h1-5,8H,6H2. The molecule has 0 N–H and O–H groups in total. The van der Waals surface area contributed by atoms with Gasteiger partial charge in [0.1, 0.15) is 5.75 Å². The first-order chi connectivity index (χ1) is 6.47. The van der Waals surface area contributed by atoms with Crippen LogP contribution < -0.4 is 4.74 Å². The largest absolute Gasteiger partial charge is 0.475 e. The van der Waals surface area contributed by atoms with Gasteiger partial charge in [-0.15, -0.1) is 0 Å². The van der Waals surface area contributed by atoms with Crippen LogP contribution in [0.1, 0.15) is 6.42 Å². The third-order valence-corrected chi connectivity index (χ3v) is 2.11. The van der Waals surface area contributed by atoms with Gasteiger partial charge in [-0.25, -0.2) is 0 Å². The second-order valence-corrected chi connectivity index (χ2v) is 5.66. The van der Waals surface area contributed by atoms with Crippen molar-refractivity contribution in [3.05, 3.63) is 30.3 Å². The van der Waals surface area contributed by atoms with Gasteiger partial charge in [0.25, 0.3) is 0 Å². The average molecular weight is 274 g/mol. The summed E-state index contributed by atoms with van der Waals surface area (Å²) in [7, 11) is 0. The van der Waals surface area contributed by atoms with Crippen LogP contribution in [-0.2, 0) is 0 Å². The first-order valence-corrected chi connectivity index (χ1v) is 5.47. The van der Waals surface area contributed by atoms with Crippen LogP contribution in [0.3, 0.4) is 0 Å². The van der Waals surface area contributed by atoms with E-state index in [1.807, 2.05) is 18.2 Å². The fourth-order valence-corrected chi connectivity index (χ4v) is 1.86. The van der Waals surface area contributed by atoms with E-state index < -0.39 is 9.36 Å². The molecule has 5 heteroatoms. The van der Waals surface area contributed by atoms with Crippen LogP contribution >= 0.6 is 46.4 Å². The van der Waals surface area contributed by atoms with Gasteiger partial charge in [-0.3, -0.25) is 0 Å². The lowest BCUT2D eigenvalue weighted by atomic mass is 10.3. The number of rotatable bonds is 3. The molecule has 0 aliphatic carbocycles. The summed E-state index contributed by atoms with van der Waals surface area (Å²) in [5.74, 6) is 0.654. The molecule has 1 atom stereocenters. The second-order valence-electron chi connectivity index (χ2n) is 2.66. The molecular formula is C9H8Cl4O. The molecule has 1 nitrogen and oxygen atoms in total. The van der Waals surface area contributed by atoms with Gasteiger partial charge in [0, 0.05) is 6.42 Å². The number of halogens is 4. The molecule has 0 saturated heterocycles. The molecule has 0 amide bonds. The minimum Gasteiger partial charge on any atom is -0.475 e. The molecule has 0 saturated carbocycles. The lowest BCUT2D eigenvalue weighted by Gasteiger charge is -2.16. The van der Waals surface area contributed by atoms with Crippen molar-refractivity contribution in [1.82, 2.24) is 0 Å². The van der Waals surface area contributed by atoms with Gasteiger partial charge >= 0.3 is 0 Å². The monoisotopic (exact) mass is 272 g/mol. The molecule has 0 fully saturated rings. The van der Waals surface area contributed by atoms with Crippen molar-refractivity contribution in [2.24, 2.45) is 0 Å². The molecule has 0 aromatic heterocycles. The number of benzene rings is 1.